The van der Waals surface area contributed by atoms with Gasteiger partial charge < -0.3 is 20.4 Å². The van der Waals surface area contributed by atoms with Gasteiger partial charge in [-0.3, -0.25) is 39.1 Å². The molecule has 4 heterocycles. The third-order valence-electron chi connectivity index (χ3n) is 21.9. The summed E-state index contributed by atoms with van der Waals surface area (Å²) in [6, 6.07) is 74.0. The molecule has 0 aliphatic rings. The molecule has 0 spiro atoms. The molecule has 0 atom stereocenters. The SMILES string of the molecule is CC(=O)C=C(C)O.CC(C)C(=O)C=C(O)C(C)C.CC(C)CC(=O)C=C(O)CC(C)C.CCC(CC)C(=O)C=C(O)C(CC)CC.Cc1[c-]c(-c2ccc3c(CC(C)C)cccc3n2)cc(C)c1.Cc1[c-]c(-c2ccc3c(CC(C)C)cccc3n2)cc(C)c1.Cc1[c-]c(-c2ccc3c(CC(C)C)cccc3n2)cc(C)c1.Cc1[c-]c(-c2ccc3ccc(CC(C)C)cc3n2)cc(C)c1.[Ir].[Ir].[Ir].[Ir]. The Hall–Kier alpha value is -9.16. The van der Waals surface area contributed by atoms with Crippen LogP contribution in [0.1, 0.15) is 258 Å². The van der Waals surface area contributed by atoms with Crippen LogP contribution in [0.25, 0.3) is 88.6 Å². The van der Waals surface area contributed by atoms with E-state index >= 15 is 0 Å². The van der Waals surface area contributed by atoms with Gasteiger partial charge in [0.05, 0.1) is 45.1 Å². The van der Waals surface area contributed by atoms with Crippen LogP contribution in [0.4, 0.5) is 0 Å². The maximum Gasteiger partial charge on any atom is 0.162 e. The molecule has 4 N–H and O–H groups in total. The number of aliphatic hydroxyl groups is 4. The number of rotatable bonds is 28. The van der Waals surface area contributed by atoms with Gasteiger partial charge in [0.15, 0.2) is 23.1 Å². The molecule has 4 aromatic heterocycles. The molecule has 4 radical (unpaired) electrons. The number of aryl methyl sites for hydroxylation is 8. The van der Waals surface area contributed by atoms with Crippen LogP contribution in [0.15, 0.2) is 217 Å². The molecule has 16 heteroatoms. The predicted molar refractivity (Wildman–Crippen MR) is 567 cm³/mol. The maximum atomic E-state index is 11.7. The molecule has 0 aliphatic heterocycles. The Kier molecular flexibility index (Phi) is 59.1. The van der Waals surface area contributed by atoms with Crippen molar-refractivity contribution < 1.29 is 120 Å². The molecular weight excluding hydrogens is 2420 g/mol. The van der Waals surface area contributed by atoms with E-state index in [1.165, 1.54) is 104 Å². The van der Waals surface area contributed by atoms with Crippen molar-refractivity contribution in [1.82, 2.24) is 19.9 Å². The Labute approximate surface area is 883 Å². The molecule has 0 saturated heterocycles. The fourth-order valence-corrected chi connectivity index (χ4v) is 15.7. The second-order valence-corrected chi connectivity index (χ2v) is 39.1. The number of ketones is 4. The first-order valence-electron chi connectivity index (χ1n) is 48.5. The molecule has 0 amide bonds. The number of allylic oxidation sites excluding steroid dienone is 8. The van der Waals surface area contributed by atoms with Gasteiger partial charge in [0.2, 0.25) is 0 Å². The summed E-state index contributed by atoms with van der Waals surface area (Å²) in [6.07, 6.45) is 14.2. The Balaban J connectivity index is 0.000000802. The first-order chi connectivity index (χ1) is 63.2. The Morgan fingerprint density at radius 2 is 0.645 bits per heavy atom. The molecule has 138 heavy (non-hydrogen) atoms. The quantitative estimate of drug-likeness (QED) is 0.0206. The third-order valence-corrected chi connectivity index (χ3v) is 21.9. The monoisotopic (exact) mass is 2580 g/mol. The molecule has 12 rings (SSSR count). The topological polar surface area (TPSA) is 201 Å². The Bertz CT molecular complexity index is 5450. The zero-order chi connectivity index (χ0) is 99.9. The van der Waals surface area contributed by atoms with Crippen LogP contribution in [0.5, 0.6) is 0 Å². The predicted octanol–water partition coefficient (Wildman–Crippen LogP) is 32.4. The molecule has 0 unspecified atom stereocenters. The zero-order valence-electron chi connectivity index (χ0n) is 87.9. The molecule has 8 aromatic carbocycles. The van der Waals surface area contributed by atoms with E-state index in [1.54, 1.807) is 0 Å². The van der Waals surface area contributed by atoms with E-state index in [0.29, 0.717) is 48.3 Å². The van der Waals surface area contributed by atoms with Crippen LogP contribution in [0, 0.1) is 139 Å². The standard InChI is InChI=1S/4C21H22N.C13H24O2.C11H20O2.C9H16O2.C5H8O2.4Ir/c1-14(2)9-17-5-6-18-7-8-20(22-21(18)13-17)19-11-15(3)10-16(4)12-19;3*1-14(2)10-17-6-5-7-21-19(17)8-9-20(22-21)18-12-15(3)11-16(4)13-18;1-5-10(6-2)12(14)9-13(15)11(7-3)8-4;1-8(2)5-10(12)7-11(13)6-9(3)4;1-6(2)8(10)5-9(11)7(3)4;1-4(6)3-5(2)7;;;;/h5-8,10-11,13-14H,9H2,1-4H3;3*5-9,11-12,14H,10H2,1-4H3;9-11,14H,5-8H2,1-4H3;7-9,12H,5-6H2,1-4H3;5-7,10H,1-4H3;3,6H,1-2H3;;;;/q4*-1;;;;;;;;. The minimum absolute atomic E-state index is 0. The molecular formula is C122H156Ir4N4O8-4. The van der Waals surface area contributed by atoms with E-state index in [1.807, 2.05) is 83.1 Å². The van der Waals surface area contributed by atoms with E-state index < -0.39 is 0 Å². The van der Waals surface area contributed by atoms with Gasteiger partial charge in [-0.15, -0.1) is 140 Å². The van der Waals surface area contributed by atoms with Crippen LogP contribution in [0.2, 0.25) is 0 Å². The van der Waals surface area contributed by atoms with E-state index in [0.717, 1.165) is 141 Å². The van der Waals surface area contributed by atoms with Crippen molar-refractivity contribution in [3.05, 3.63) is 308 Å². The molecule has 752 valence electrons. The number of fused-ring (bicyclic) bond motifs is 4. The second-order valence-electron chi connectivity index (χ2n) is 39.1. The van der Waals surface area contributed by atoms with Crippen LogP contribution < -0.4 is 0 Å². The molecule has 0 aliphatic carbocycles. The number of carbonyl (C=O) groups is 4. The first kappa shape index (κ1) is 127. The van der Waals surface area contributed by atoms with E-state index in [4.69, 9.17) is 25.0 Å². The molecule has 12 nitrogen and oxygen atoms in total. The van der Waals surface area contributed by atoms with Crippen molar-refractivity contribution in [2.24, 2.45) is 59.2 Å². The van der Waals surface area contributed by atoms with Crippen molar-refractivity contribution in [2.75, 3.05) is 0 Å². The fourth-order valence-electron chi connectivity index (χ4n) is 15.7. The van der Waals surface area contributed by atoms with Crippen LogP contribution >= 0.6 is 0 Å². The van der Waals surface area contributed by atoms with Gasteiger partial charge in [0.1, 0.15) is 0 Å². The summed E-state index contributed by atoms with van der Waals surface area (Å²) in [5.41, 5.74) is 27.8. The summed E-state index contributed by atoms with van der Waals surface area (Å²) in [7, 11) is 0. The third kappa shape index (κ3) is 45.6. The number of pyridine rings is 4. The number of benzene rings is 8. The first-order valence-corrected chi connectivity index (χ1v) is 48.5. The van der Waals surface area contributed by atoms with Crippen molar-refractivity contribution >= 4 is 66.7 Å². The molecule has 0 fully saturated rings. The zero-order valence-corrected chi connectivity index (χ0v) is 97.4. The minimum atomic E-state index is -0.125. The Morgan fingerprint density at radius 1 is 0.326 bits per heavy atom. The van der Waals surface area contributed by atoms with Gasteiger partial charge >= 0.3 is 0 Å². The van der Waals surface area contributed by atoms with Gasteiger partial charge in [-0.1, -0.05) is 291 Å². The maximum absolute atomic E-state index is 11.7. The molecule has 0 bridgehead atoms. The van der Waals surface area contributed by atoms with Gasteiger partial charge in [0, 0.05) is 157 Å². The van der Waals surface area contributed by atoms with Crippen molar-refractivity contribution in [1.29, 1.82) is 0 Å². The number of carbonyl (C=O) groups excluding carboxylic acids is 4. The summed E-state index contributed by atoms with van der Waals surface area (Å²) in [4.78, 5) is 63.4. The normalized spacial score (nSPS) is 11.4. The van der Waals surface area contributed by atoms with Crippen molar-refractivity contribution in [2.45, 2.75) is 272 Å². The van der Waals surface area contributed by atoms with E-state index in [9.17, 15) is 34.5 Å². The van der Waals surface area contributed by atoms with Crippen LogP contribution in [-0.4, -0.2) is 63.5 Å². The van der Waals surface area contributed by atoms with Gasteiger partial charge in [-0.2, -0.15) is 0 Å². The second kappa shape index (κ2) is 64.3. The largest absolute Gasteiger partial charge is 0.512 e. The summed E-state index contributed by atoms with van der Waals surface area (Å²) in [5.74, 6) is 4.24. The average Bonchev–Trinajstić information content (AvgIpc) is 0.803. The summed E-state index contributed by atoms with van der Waals surface area (Å²) >= 11 is 0. The smallest absolute Gasteiger partial charge is 0.162 e. The number of aliphatic hydroxyl groups excluding tert-OH is 4. The average molecular weight is 2580 g/mol. The number of hydrogen-bond acceptors (Lipinski definition) is 12. The van der Waals surface area contributed by atoms with E-state index in [2.05, 4.69) is 305 Å². The summed E-state index contributed by atoms with van der Waals surface area (Å²) < 4.78 is 0. The molecule has 12 aromatic rings. The van der Waals surface area contributed by atoms with Crippen molar-refractivity contribution in [3.8, 4) is 45.0 Å². The van der Waals surface area contributed by atoms with Gasteiger partial charge in [-0.05, 0) is 175 Å². The summed E-state index contributed by atoms with van der Waals surface area (Å²) in [6.45, 7) is 61.1. The van der Waals surface area contributed by atoms with Crippen LogP contribution in [0.3, 0.4) is 0 Å². The Morgan fingerprint density at radius 3 is 0.928 bits per heavy atom. The summed E-state index contributed by atoms with van der Waals surface area (Å²) in [5, 5.41) is 41.7. The van der Waals surface area contributed by atoms with Crippen LogP contribution in [-0.2, 0) is 125 Å². The van der Waals surface area contributed by atoms with Gasteiger partial charge in [-0.25, -0.2) is 0 Å². The number of nitrogens with zero attached hydrogens (tertiary/aromatic N) is 4. The molecule has 0 saturated carbocycles. The number of hydrogen-bond donors (Lipinski definition) is 4. The number of aromatic nitrogens is 4. The van der Waals surface area contributed by atoms with Gasteiger partial charge in [0.25, 0.3) is 0 Å². The van der Waals surface area contributed by atoms with E-state index in [-0.39, 0.29) is 150 Å². The minimum Gasteiger partial charge on any atom is -0.512 e. The fraction of sp³-hybridized carbons (Fsp3) is 0.410. The van der Waals surface area contributed by atoms with Crippen molar-refractivity contribution in [3.63, 3.8) is 0 Å².